The number of ether oxygens (including phenoxy) is 1. The van der Waals surface area contributed by atoms with E-state index < -0.39 is 81.6 Å². The Labute approximate surface area is 238 Å². The molecule has 3 aliphatic carbocycles. The highest BCUT2D eigenvalue weighted by atomic mass is 19.2. The van der Waals surface area contributed by atoms with Crippen LogP contribution in [-0.2, 0) is 22.5 Å². The lowest BCUT2D eigenvalue weighted by Crippen LogP contribution is -2.61. The standard InChI is InChI=1S/C29H30F3N3O7/c1-35(2)23-15-5-11-4-14-13(10-7-16(30)22(32)17(31)8-10)6-12(9-33)24(36)19(14)25(37)18(11)26(38)20(15)29(41,42-3)21(27(23)39)28(34)40/h6-8,11,15,20,23,36,38-39,41H,4-5,9,33H2,1-3H3,(H2,34,40)/t11?,15?,20?,23-,29?/m0/s1. The summed E-state index contributed by atoms with van der Waals surface area (Å²) in [5, 5.41) is 45.4. The molecule has 0 fully saturated rings. The SMILES string of the molecule is COC1(O)C(C(N)=O)=C(O)[C@@H](N(C)C)C2CC3Cc4c(-c5cc(F)c(F)c(F)c5)cc(CN)c(O)c4C(=O)C3=C(O)C21. The van der Waals surface area contributed by atoms with Crippen LogP contribution in [0.3, 0.4) is 0 Å². The Morgan fingerprint density at radius 3 is 2.26 bits per heavy atom. The van der Waals surface area contributed by atoms with Crippen molar-refractivity contribution < 1.29 is 47.9 Å². The summed E-state index contributed by atoms with van der Waals surface area (Å²) in [4.78, 5) is 28.1. The van der Waals surface area contributed by atoms with E-state index >= 15 is 0 Å². The van der Waals surface area contributed by atoms with E-state index in [1.54, 1.807) is 19.0 Å². The van der Waals surface area contributed by atoms with Crippen molar-refractivity contribution in [1.82, 2.24) is 4.90 Å². The number of amides is 1. The predicted molar refractivity (Wildman–Crippen MR) is 142 cm³/mol. The van der Waals surface area contributed by atoms with E-state index in [1.807, 2.05) is 0 Å². The fourth-order valence-electron chi connectivity index (χ4n) is 7.01. The van der Waals surface area contributed by atoms with Gasteiger partial charge in [-0.05, 0) is 73.7 Å². The molecule has 5 atom stereocenters. The van der Waals surface area contributed by atoms with Crippen molar-refractivity contribution in [2.24, 2.45) is 29.2 Å². The summed E-state index contributed by atoms with van der Waals surface area (Å²) in [6.45, 7) is -0.273. The number of primary amides is 1. The van der Waals surface area contributed by atoms with Crippen molar-refractivity contribution >= 4 is 11.7 Å². The smallest absolute Gasteiger partial charge is 0.253 e. The summed E-state index contributed by atoms with van der Waals surface area (Å²) >= 11 is 0. The molecular weight excluding hydrogens is 559 g/mol. The van der Waals surface area contributed by atoms with Crippen molar-refractivity contribution in [2.75, 3.05) is 21.2 Å². The maximum atomic E-state index is 14.3. The Bertz CT molecular complexity index is 1580. The van der Waals surface area contributed by atoms with Gasteiger partial charge in [-0.25, -0.2) is 13.2 Å². The van der Waals surface area contributed by atoms with Crippen molar-refractivity contribution in [3.63, 3.8) is 0 Å². The number of aromatic hydroxyl groups is 1. The molecule has 0 bridgehead atoms. The fourth-order valence-corrected chi connectivity index (χ4v) is 7.01. The van der Waals surface area contributed by atoms with Gasteiger partial charge in [0.25, 0.3) is 5.91 Å². The van der Waals surface area contributed by atoms with E-state index in [2.05, 4.69) is 0 Å². The number of aliphatic hydroxyl groups is 3. The number of nitrogens with zero attached hydrogens (tertiary/aromatic N) is 1. The van der Waals surface area contributed by atoms with Crippen LogP contribution in [0.5, 0.6) is 5.75 Å². The highest BCUT2D eigenvalue weighted by molar-refractivity contribution is 6.14. The molecule has 0 saturated heterocycles. The minimum Gasteiger partial charge on any atom is -0.511 e. The van der Waals surface area contributed by atoms with Crippen LogP contribution in [0.2, 0.25) is 0 Å². The second kappa shape index (κ2) is 10.1. The van der Waals surface area contributed by atoms with Gasteiger partial charge in [0, 0.05) is 24.8 Å². The molecule has 224 valence electrons. The lowest BCUT2D eigenvalue weighted by molar-refractivity contribution is -0.219. The molecule has 5 rings (SSSR count). The van der Waals surface area contributed by atoms with E-state index in [-0.39, 0.29) is 52.8 Å². The molecule has 2 aromatic rings. The van der Waals surface area contributed by atoms with Gasteiger partial charge < -0.3 is 36.6 Å². The number of aliphatic hydroxyl groups excluding tert-OH is 2. The molecule has 8 N–H and O–H groups in total. The van der Waals surface area contributed by atoms with Crippen LogP contribution >= 0.6 is 0 Å². The fraction of sp³-hybridized carbons (Fsp3) is 0.379. The van der Waals surface area contributed by atoms with Gasteiger partial charge in [-0.1, -0.05) is 0 Å². The Hall–Kier alpha value is -3.91. The number of benzene rings is 2. The van der Waals surface area contributed by atoms with Gasteiger partial charge in [0.2, 0.25) is 5.79 Å². The Morgan fingerprint density at radius 1 is 1.12 bits per heavy atom. The zero-order valence-electron chi connectivity index (χ0n) is 22.9. The molecule has 1 amide bonds. The molecule has 0 spiro atoms. The molecule has 2 aromatic carbocycles. The first-order chi connectivity index (χ1) is 19.7. The summed E-state index contributed by atoms with van der Waals surface area (Å²) in [5.41, 5.74) is 10.5. The Kier molecular flexibility index (Phi) is 7.13. The first-order valence-corrected chi connectivity index (χ1v) is 13.1. The summed E-state index contributed by atoms with van der Waals surface area (Å²) in [5.74, 6) is -13.9. The normalized spacial score (nSPS) is 27.2. The van der Waals surface area contributed by atoms with E-state index in [9.17, 15) is 43.2 Å². The summed E-state index contributed by atoms with van der Waals surface area (Å²) < 4.78 is 47.6. The van der Waals surface area contributed by atoms with Gasteiger partial charge in [0.1, 0.15) is 22.8 Å². The zero-order chi connectivity index (χ0) is 31.0. The number of hydrogen-bond acceptors (Lipinski definition) is 9. The number of carbonyl (C=O) groups excluding carboxylic acids is 2. The molecule has 0 heterocycles. The van der Waals surface area contributed by atoms with Crippen LogP contribution in [0.15, 0.2) is 40.9 Å². The largest absolute Gasteiger partial charge is 0.511 e. The average molecular weight is 590 g/mol. The molecule has 3 aliphatic rings. The molecule has 13 heteroatoms. The Morgan fingerprint density at radius 2 is 1.74 bits per heavy atom. The lowest BCUT2D eigenvalue weighted by atomic mass is 9.59. The van der Waals surface area contributed by atoms with Crippen LogP contribution in [-0.4, -0.2) is 70.1 Å². The topological polar surface area (TPSA) is 180 Å². The number of ketones is 1. The number of phenolic OH excluding ortho intramolecular Hbond substituents is 1. The number of phenols is 1. The average Bonchev–Trinajstić information content (AvgIpc) is 2.90. The van der Waals surface area contributed by atoms with Crippen molar-refractivity contribution in [2.45, 2.75) is 31.2 Å². The predicted octanol–water partition coefficient (Wildman–Crippen LogP) is 2.31. The maximum Gasteiger partial charge on any atom is 0.253 e. The van der Waals surface area contributed by atoms with Crippen LogP contribution in [0.1, 0.15) is 27.9 Å². The molecule has 4 unspecified atom stereocenters. The van der Waals surface area contributed by atoms with Gasteiger partial charge in [-0.3, -0.25) is 14.5 Å². The first kappa shape index (κ1) is 29.6. The first-order valence-electron chi connectivity index (χ1n) is 13.1. The van der Waals surface area contributed by atoms with Crippen LogP contribution in [0.25, 0.3) is 11.1 Å². The second-order valence-electron chi connectivity index (χ2n) is 11.1. The summed E-state index contributed by atoms with van der Waals surface area (Å²) in [7, 11) is 4.26. The van der Waals surface area contributed by atoms with Crippen molar-refractivity contribution in [1.29, 1.82) is 0 Å². The number of rotatable bonds is 5. The summed E-state index contributed by atoms with van der Waals surface area (Å²) in [6, 6.07) is 1.96. The van der Waals surface area contributed by atoms with Crippen molar-refractivity contribution in [3.05, 3.63) is 75.0 Å². The van der Waals surface area contributed by atoms with E-state index in [1.165, 1.54) is 6.07 Å². The highest BCUT2D eigenvalue weighted by Gasteiger charge is 2.61. The quantitative estimate of drug-likeness (QED) is 0.225. The molecule has 0 aliphatic heterocycles. The van der Waals surface area contributed by atoms with Gasteiger partial charge >= 0.3 is 0 Å². The van der Waals surface area contributed by atoms with Crippen LogP contribution < -0.4 is 11.5 Å². The number of allylic oxidation sites excluding steroid dienone is 1. The second-order valence-corrected chi connectivity index (χ2v) is 11.1. The van der Waals surface area contributed by atoms with E-state index in [0.717, 1.165) is 19.2 Å². The third kappa shape index (κ3) is 4.02. The highest BCUT2D eigenvalue weighted by Crippen LogP contribution is 2.55. The minimum absolute atomic E-state index is 0.0310. The maximum absolute atomic E-state index is 14.3. The molecule has 0 radical (unpaired) electrons. The third-order valence-corrected chi connectivity index (χ3v) is 8.72. The minimum atomic E-state index is -2.61. The van der Waals surface area contributed by atoms with E-state index in [4.69, 9.17) is 16.2 Å². The Balaban J connectivity index is 1.77. The number of methoxy groups -OCH3 is 1. The summed E-state index contributed by atoms with van der Waals surface area (Å²) in [6.07, 6.45) is 0.0294. The molecule has 10 nitrogen and oxygen atoms in total. The number of Topliss-reactive ketones (excluding diaryl/α,β-unsaturated/α-hetero) is 1. The molecule has 0 aromatic heterocycles. The zero-order valence-corrected chi connectivity index (χ0v) is 22.9. The number of nitrogens with two attached hydrogens (primary N) is 2. The third-order valence-electron chi connectivity index (χ3n) is 8.72. The van der Waals surface area contributed by atoms with Gasteiger partial charge in [0.15, 0.2) is 23.2 Å². The number of carbonyl (C=O) groups is 2. The molecular formula is C29H30F3N3O7. The number of halogens is 3. The number of fused-ring (bicyclic) bond motifs is 3. The van der Waals surface area contributed by atoms with E-state index in [0.29, 0.717) is 0 Å². The monoisotopic (exact) mass is 589 g/mol. The number of hydrogen-bond donors (Lipinski definition) is 6. The van der Waals surface area contributed by atoms with Crippen molar-refractivity contribution in [3.8, 4) is 16.9 Å². The molecule has 42 heavy (non-hydrogen) atoms. The van der Waals surface area contributed by atoms with Gasteiger partial charge in [0.05, 0.1) is 17.5 Å². The number of likely N-dealkylation sites (N-methyl/N-ethyl adjacent to an activating group) is 1. The molecule has 0 saturated carbocycles. The van der Waals surface area contributed by atoms with Gasteiger partial charge in [-0.2, -0.15) is 0 Å². The van der Waals surface area contributed by atoms with Crippen LogP contribution in [0.4, 0.5) is 13.2 Å². The lowest BCUT2D eigenvalue weighted by Gasteiger charge is -2.52. The van der Waals surface area contributed by atoms with Gasteiger partial charge in [-0.15, -0.1) is 0 Å². The van der Waals surface area contributed by atoms with Crippen LogP contribution in [0, 0.1) is 35.2 Å².